The number of ketones is 1. The fourth-order valence-electron chi connectivity index (χ4n) is 7.98. The number of carbonyl (C=O) groups excluding carboxylic acids is 1. The average Bonchev–Trinajstić information content (AvgIpc) is 3.12. The van der Waals surface area contributed by atoms with Crippen molar-refractivity contribution in [1.82, 2.24) is 9.78 Å². The molecule has 0 aromatic carbocycles. The lowest BCUT2D eigenvalue weighted by Crippen LogP contribution is -2.54. The number of aliphatic hydroxyl groups excluding tert-OH is 1. The lowest BCUT2D eigenvalue weighted by molar-refractivity contribution is -0.141. The van der Waals surface area contributed by atoms with Gasteiger partial charge in [-0.3, -0.25) is 9.48 Å². The molecule has 0 aliphatic heterocycles. The van der Waals surface area contributed by atoms with Crippen molar-refractivity contribution < 1.29 is 9.90 Å². The summed E-state index contributed by atoms with van der Waals surface area (Å²) in [5.41, 5.74) is 3.30. The Hall–Kier alpha value is -1.42. The molecule has 7 atom stereocenters. The number of fused-ring (bicyclic) bond motifs is 5. The van der Waals surface area contributed by atoms with E-state index in [-0.39, 0.29) is 11.5 Å². The Bertz CT molecular complexity index is 870. The normalized spacial score (nSPS) is 45.8. The van der Waals surface area contributed by atoms with E-state index < -0.39 is 0 Å². The molecule has 0 saturated heterocycles. The number of Topliss-reactive ketones (excluding diaryl/α,β-unsaturated/α-hetero) is 1. The quantitative estimate of drug-likeness (QED) is 0.701. The third-order valence-electron chi connectivity index (χ3n) is 9.66. The summed E-state index contributed by atoms with van der Waals surface area (Å²) in [6, 6.07) is 0. The van der Waals surface area contributed by atoms with Gasteiger partial charge >= 0.3 is 0 Å². The standard InChI is InChI=1S/C25H36N2O2/c1-15-17(14-27(4)26-15)11-16-12-22-20-6-5-18-13-19(28)7-9-24(18,2)21(20)8-10-25(22,3)23(16)29/h11,14,18-22,28H,5-10,12-13H2,1-4H3/b16-11-/t18-,19+,20-,21+,22+,24-,25+/m0/s1. The average molecular weight is 397 g/mol. The highest BCUT2D eigenvalue weighted by atomic mass is 16.3. The van der Waals surface area contributed by atoms with Crippen LogP contribution in [-0.2, 0) is 11.8 Å². The molecule has 0 unspecified atom stereocenters. The number of aliphatic hydroxyl groups is 1. The van der Waals surface area contributed by atoms with Crippen LogP contribution in [0.1, 0.15) is 76.5 Å². The van der Waals surface area contributed by atoms with E-state index in [2.05, 4.69) is 25.0 Å². The van der Waals surface area contributed by atoms with E-state index in [0.717, 1.165) is 54.9 Å². The fraction of sp³-hybridized carbons (Fsp3) is 0.760. The van der Waals surface area contributed by atoms with Crippen molar-refractivity contribution in [3.8, 4) is 0 Å². The van der Waals surface area contributed by atoms with Crippen LogP contribution in [-0.4, -0.2) is 26.8 Å². The van der Waals surface area contributed by atoms with Crippen molar-refractivity contribution in [2.24, 2.45) is 41.5 Å². The van der Waals surface area contributed by atoms with Crippen LogP contribution in [0.3, 0.4) is 0 Å². The zero-order chi connectivity index (χ0) is 20.6. The summed E-state index contributed by atoms with van der Waals surface area (Å²) in [5.74, 6) is 2.94. The monoisotopic (exact) mass is 396 g/mol. The Balaban J connectivity index is 1.46. The van der Waals surface area contributed by atoms with Gasteiger partial charge in [-0.05, 0) is 99.0 Å². The van der Waals surface area contributed by atoms with Gasteiger partial charge in [0.1, 0.15) is 0 Å². The fourth-order valence-corrected chi connectivity index (χ4v) is 7.98. The van der Waals surface area contributed by atoms with E-state index in [1.165, 1.54) is 19.3 Å². The van der Waals surface area contributed by atoms with Gasteiger partial charge in [-0.25, -0.2) is 0 Å². The molecule has 0 amide bonds. The zero-order valence-corrected chi connectivity index (χ0v) is 18.4. The molecule has 1 heterocycles. The predicted octanol–water partition coefficient (Wildman–Crippen LogP) is 4.69. The minimum Gasteiger partial charge on any atom is -0.393 e. The van der Waals surface area contributed by atoms with E-state index in [0.29, 0.717) is 29.0 Å². The van der Waals surface area contributed by atoms with Crippen molar-refractivity contribution >= 4 is 11.9 Å². The van der Waals surface area contributed by atoms with Gasteiger partial charge in [-0.1, -0.05) is 13.8 Å². The zero-order valence-electron chi connectivity index (χ0n) is 18.4. The first-order chi connectivity index (χ1) is 13.7. The second kappa shape index (κ2) is 6.54. The summed E-state index contributed by atoms with van der Waals surface area (Å²) in [5, 5.41) is 14.7. The maximum atomic E-state index is 13.5. The molecule has 4 saturated carbocycles. The highest BCUT2D eigenvalue weighted by Crippen LogP contribution is 2.66. The third kappa shape index (κ3) is 2.81. The van der Waals surface area contributed by atoms with Crippen LogP contribution < -0.4 is 0 Å². The largest absolute Gasteiger partial charge is 0.393 e. The molecule has 0 spiro atoms. The first-order valence-electron chi connectivity index (χ1n) is 11.7. The number of aromatic nitrogens is 2. The van der Waals surface area contributed by atoms with E-state index >= 15 is 0 Å². The summed E-state index contributed by atoms with van der Waals surface area (Å²) < 4.78 is 1.84. The van der Waals surface area contributed by atoms with Crippen LogP contribution in [0.15, 0.2) is 11.8 Å². The molecule has 4 heteroatoms. The van der Waals surface area contributed by atoms with Gasteiger partial charge in [-0.15, -0.1) is 0 Å². The van der Waals surface area contributed by atoms with Gasteiger partial charge in [-0.2, -0.15) is 5.10 Å². The number of carbonyl (C=O) groups is 1. The van der Waals surface area contributed by atoms with E-state index in [1.807, 2.05) is 24.9 Å². The molecule has 4 fully saturated rings. The number of hydrogen-bond acceptors (Lipinski definition) is 3. The molecule has 1 aromatic heterocycles. The van der Waals surface area contributed by atoms with Gasteiger partial charge in [0.15, 0.2) is 5.78 Å². The Morgan fingerprint density at radius 1 is 1.17 bits per heavy atom. The van der Waals surface area contributed by atoms with Crippen LogP contribution in [0, 0.1) is 41.4 Å². The molecular formula is C25H36N2O2. The second-order valence-corrected chi connectivity index (χ2v) is 11.1. The number of rotatable bonds is 1. The Labute approximate surface area is 174 Å². The molecule has 4 aliphatic carbocycles. The summed E-state index contributed by atoms with van der Waals surface area (Å²) in [7, 11) is 1.94. The molecular weight excluding hydrogens is 360 g/mol. The van der Waals surface area contributed by atoms with E-state index in [1.54, 1.807) is 0 Å². The van der Waals surface area contributed by atoms with Gasteiger partial charge in [0.25, 0.3) is 0 Å². The van der Waals surface area contributed by atoms with E-state index in [9.17, 15) is 9.90 Å². The first kappa shape index (κ1) is 19.5. The topological polar surface area (TPSA) is 55.1 Å². The van der Waals surface area contributed by atoms with Crippen molar-refractivity contribution in [2.45, 2.75) is 78.2 Å². The Morgan fingerprint density at radius 3 is 2.69 bits per heavy atom. The number of nitrogens with zero attached hydrogens (tertiary/aromatic N) is 2. The molecule has 4 aliphatic rings. The number of hydrogen-bond donors (Lipinski definition) is 1. The van der Waals surface area contributed by atoms with Crippen molar-refractivity contribution in [2.75, 3.05) is 0 Å². The van der Waals surface area contributed by atoms with Crippen LogP contribution in [0.2, 0.25) is 0 Å². The van der Waals surface area contributed by atoms with Crippen LogP contribution in [0.4, 0.5) is 0 Å². The number of aryl methyl sites for hydroxylation is 2. The molecule has 1 N–H and O–H groups in total. The lowest BCUT2D eigenvalue weighted by atomic mass is 9.45. The molecule has 1 aromatic rings. The minimum absolute atomic E-state index is 0.0937. The van der Waals surface area contributed by atoms with Crippen LogP contribution >= 0.6 is 0 Å². The van der Waals surface area contributed by atoms with Crippen LogP contribution in [0.25, 0.3) is 6.08 Å². The highest BCUT2D eigenvalue weighted by molar-refractivity contribution is 6.06. The summed E-state index contributed by atoms with van der Waals surface area (Å²) in [6.45, 7) is 6.79. The third-order valence-corrected chi connectivity index (χ3v) is 9.66. The number of allylic oxidation sites excluding steroid dienone is 1. The summed E-state index contributed by atoms with van der Waals surface area (Å²) in [6.07, 6.45) is 12.8. The molecule has 0 bridgehead atoms. The summed E-state index contributed by atoms with van der Waals surface area (Å²) >= 11 is 0. The van der Waals surface area contributed by atoms with Crippen molar-refractivity contribution in [3.05, 3.63) is 23.0 Å². The van der Waals surface area contributed by atoms with Crippen LogP contribution in [0.5, 0.6) is 0 Å². The molecule has 4 nitrogen and oxygen atoms in total. The maximum Gasteiger partial charge on any atom is 0.165 e. The van der Waals surface area contributed by atoms with E-state index in [4.69, 9.17) is 0 Å². The minimum atomic E-state index is -0.180. The Kier molecular flexibility index (Phi) is 4.40. The Morgan fingerprint density at radius 2 is 1.97 bits per heavy atom. The molecule has 29 heavy (non-hydrogen) atoms. The molecule has 5 rings (SSSR count). The maximum absolute atomic E-state index is 13.5. The second-order valence-electron chi connectivity index (χ2n) is 11.1. The molecule has 0 radical (unpaired) electrons. The van der Waals surface area contributed by atoms with Crippen molar-refractivity contribution in [1.29, 1.82) is 0 Å². The SMILES string of the molecule is Cc1nn(C)cc1/C=C1/C[C@@H]2[C@H]3CC[C@H]4C[C@H](O)CC[C@]4(C)[C@@H]3CC[C@@]2(C)C1=O. The first-order valence-corrected chi connectivity index (χ1v) is 11.7. The molecule has 158 valence electrons. The van der Waals surface area contributed by atoms with Gasteiger partial charge in [0.2, 0.25) is 0 Å². The smallest absolute Gasteiger partial charge is 0.165 e. The summed E-state index contributed by atoms with van der Waals surface area (Å²) in [4.78, 5) is 13.5. The van der Waals surface area contributed by atoms with Gasteiger partial charge < -0.3 is 5.11 Å². The van der Waals surface area contributed by atoms with Gasteiger partial charge in [0.05, 0.1) is 11.8 Å². The lowest BCUT2D eigenvalue weighted by Gasteiger charge is -2.59. The van der Waals surface area contributed by atoms with Crippen molar-refractivity contribution in [3.63, 3.8) is 0 Å². The predicted molar refractivity (Wildman–Crippen MR) is 114 cm³/mol. The highest BCUT2D eigenvalue weighted by Gasteiger charge is 2.61. The van der Waals surface area contributed by atoms with Gasteiger partial charge in [0, 0.05) is 24.2 Å².